The molecule has 0 fully saturated rings. The second-order valence-electron chi connectivity index (χ2n) is 6.85. The van der Waals surface area contributed by atoms with Crippen LogP contribution in [0, 0.1) is 0 Å². The summed E-state index contributed by atoms with van der Waals surface area (Å²) in [7, 11) is 0. The van der Waals surface area contributed by atoms with Crippen molar-refractivity contribution in [1.29, 1.82) is 0 Å². The molecule has 1 aliphatic rings. The van der Waals surface area contributed by atoms with E-state index in [0.717, 1.165) is 25.1 Å². The van der Waals surface area contributed by atoms with Crippen molar-refractivity contribution in [1.82, 2.24) is 0 Å². The minimum atomic E-state index is -0.960. The van der Waals surface area contributed by atoms with Gasteiger partial charge in [-0.25, -0.2) is 14.6 Å². The summed E-state index contributed by atoms with van der Waals surface area (Å²) >= 11 is 0. The number of hydrogen-bond acceptors (Lipinski definition) is 3. The van der Waals surface area contributed by atoms with Crippen LogP contribution in [0.1, 0.15) is 71.1 Å². The molecule has 6 nitrogen and oxygen atoms in total. The normalized spacial score (nSPS) is 14.3. The van der Waals surface area contributed by atoms with Crippen LogP contribution in [0.5, 0.6) is 0 Å². The van der Waals surface area contributed by atoms with E-state index < -0.39 is 11.9 Å². The Labute approximate surface area is 214 Å². The molecule has 0 aromatic heterocycles. The molecule has 0 spiro atoms. The van der Waals surface area contributed by atoms with Gasteiger partial charge in [0.15, 0.2) is 18.9 Å². The van der Waals surface area contributed by atoms with Crippen LogP contribution in [0.15, 0.2) is 4.99 Å². The SMILES string of the molecule is CCCCCCCCCCCC1=NCC[N+]1(CC(=O)O)CC(=O)O.[Cl-].[Na].[Na]. The number of halogens is 1. The molecule has 0 amide bonds. The van der Waals surface area contributed by atoms with Crippen molar-refractivity contribution in [3.05, 3.63) is 0 Å². The van der Waals surface area contributed by atoms with Crippen LogP contribution in [-0.2, 0) is 9.59 Å². The van der Waals surface area contributed by atoms with Gasteiger partial charge in [0.05, 0.1) is 6.54 Å². The maximum atomic E-state index is 11.1. The molecule has 2 radical (unpaired) electrons. The molecular weight excluding hydrogens is 390 g/mol. The molecule has 0 aliphatic carbocycles. The van der Waals surface area contributed by atoms with Crippen molar-refractivity contribution in [3.8, 4) is 0 Å². The van der Waals surface area contributed by atoms with Crippen LogP contribution < -0.4 is 12.4 Å². The Morgan fingerprint density at radius 3 is 1.78 bits per heavy atom. The van der Waals surface area contributed by atoms with Gasteiger partial charge in [0.1, 0.15) is 6.54 Å². The van der Waals surface area contributed by atoms with E-state index in [4.69, 9.17) is 10.2 Å². The standard InChI is InChI=1S/C18H32N2O4.ClH.2Na/c1-2-3-4-5-6-7-8-9-10-11-16-19-12-13-20(16,14-17(21)22)15-18(23)24;;;/h2-15H2,1H3,(H-,21,22,23,24);1H;;. The molecule has 1 aliphatic heterocycles. The minimum absolute atomic E-state index is 0. The summed E-state index contributed by atoms with van der Waals surface area (Å²) in [6.07, 6.45) is 11.8. The monoisotopic (exact) mass is 422 g/mol. The van der Waals surface area contributed by atoms with Gasteiger partial charge in [-0.05, 0) is 6.42 Å². The van der Waals surface area contributed by atoms with Gasteiger partial charge < -0.3 is 22.6 Å². The van der Waals surface area contributed by atoms with Crippen molar-refractivity contribution in [2.75, 3.05) is 26.2 Å². The molecule has 0 atom stereocenters. The van der Waals surface area contributed by atoms with Crippen LogP contribution >= 0.6 is 0 Å². The summed E-state index contributed by atoms with van der Waals surface area (Å²) in [5, 5.41) is 18.3. The third-order valence-corrected chi connectivity index (χ3v) is 4.75. The Morgan fingerprint density at radius 1 is 0.889 bits per heavy atom. The molecule has 148 valence electrons. The number of rotatable bonds is 14. The number of carboxylic acids is 2. The van der Waals surface area contributed by atoms with Gasteiger partial charge in [-0.1, -0.05) is 58.3 Å². The number of hydrogen-bond donors (Lipinski definition) is 2. The Hall–Kier alpha value is 0.860. The molecule has 0 bridgehead atoms. The zero-order valence-electron chi connectivity index (χ0n) is 17.4. The number of nitrogens with zero attached hydrogens (tertiary/aromatic N) is 2. The molecule has 0 unspecified atom stereocenters. The smallest absolute Gasteiger partial charge is 0.359 e. The molecule has 1 heterocycles. The molecule has 9 heteroatoms. The van der Waals surface area contributed by atoms with E-state index in [-0.39, 0.29) is 89.1 Å². The Balaban J connectivity index is -0.00000192. The summed E-state index contributed by atoms with van der Waals surface area (Å²) in [5.74, 6) is -1.15. The molecular formula is C18H33ClN2Na2O4. The Bertz CT molecular complexity index is 435. The maximum absolute atomic E-state index is 11.1. The average molecular weight is 423 g/mol. The zero-order chi connectivity index (χ0) is 17.8. The van der Waals surface area contributed by atoms with Crippen molar-refractivity contribution >= 4 is 76.9 Å². The fourth-order valence-electron chi connectivity index (χ4n) is 3.47. The number of unbranched alkanes of at least 4 members (excludes halogenated alkanes) is 8. The fourth-order valence-corrected chi connectivity index (χ4v) is 3.47. The summed E-state index contributed by atoms with van der Waals surface area (Å²) in [4.78, 5) is 26.7. The molecule has 2 N–H and O–H groups in total. The van der Waals surface area contributed by atoms with Gasteiger partial charge in [-0.15, -0.1) is 0 Å². The number of carboxylic acid groups (broad SMARTS) is 2. The molecule has 0 aromatic carbocycles. The predicted molar refractivity (Wildman–Crippen MR) is 106 cm³/mol. The average Bonchev–Trinajstić information content (AvgIpc) is 2.86. The topological polar surface area (TPSA) is 87.0 Å². The first-order chi connectivity index (χ1) is 11.5. The van der Waals surface area contributed by atoms with E-state index in [1.807, 2.05) is 0 Å². The van der Waals surface area contributed by atoms with Crippen LogP contribution in [0.3, 0.4) is 0 Å². The van der Waals surface area contributed by atoms with Crippen molar-refractivity contribution in [3.63, 3.8) is 0 Å². The Kier molecular flexibility index (Phi) is 22.7. The van der Waals surface area contributed by atoms with Crippen molar-refractivity contribution < 1.29 is 36.7 Å². The second kappa shape index (κ2) is 18.9. The van der Waals surface area contributed by atoms with Crippen LogP contribution in [0.2, 0.25) is 0 Å². The van der Waals surface area contributed by atoms with E-state index >= 15 is 0 Å². The first-order valence-corrected chi connectivity index (χ1v) is 9.34. The molecule has 27 heavy (non-hydrogen) atoms. The predicted octanol–water partition coefficient (Wildman–Crippen LogP) is -0.452. The zero-order valence-corrected chi connectivity index (χ0v) is 22.1. The summed E-state index contributed by atoms with van der Waals surface area (Å²) < 4.78 is 0.00167. The van der Waals surface area contributed by atoms with Crippen LogP contribution in [0.4, 0.5) is 0 Å². The second-order valence-corrected chi connectivity index (χ2v) is 6.85. The van der Waals surface area contributed by atoms with E-state index in [9.17, 15) is 9.59 Å². The van der Waals surface area contributed by atoms with Gasteiger partial charge in [0.25, 0.3) is 0 Å². The minimum Gasteiger partial charge on any atom is -1.00 e. The van der Waals surface area contributed by atoms with Crippen LogP contribution in [0.25, 0.3) is 0 Å². The molecule has 0 saturated heterocycles. The van der Waals surface area contributed by atoms with E-state index in [2.05, 4.69) is 11.9 Å². The molecule has 0 aromatic rings. The molecule has 1 rings (SSSR count). The van der Waals surface area contributed by atoms with Crippen molar-refractivity contribution in [2.24, 2.45) is 4.99 Å². The number of aliphatic carboxylic acids is 2. The Morgan fingerprint density at radius 2 is 1.33 bits per heavy atom. The van der Waals surface area contributed by atoms with Crippen molar-refractivity contribution in [2.45, 2.75) is 71.1 Å². The first kappa shape index (κ1) is 32.5. The first-order valence-electron chi connectivity index (χ1n) is 9.34. The number of quaternary nitrogens is 1. The third-order valence-electron chi connectivity index (χ3n) is 4.75. The summed E-state index contributed by atoms with van der Waals surface area (Å²) in [6, 6.07) is 0. The van der Waals surface area contributed by atoms with E-state index in [1.165, 1.54) is 44.9 Å². The van der Waals surface area contributed by atoms with Gasteiger partial charge in [-0.2, -0.15) is 0 Å². The number of amidine groups is 1. The van der Waals surface area contributed by atoms with Gasteiger partial charge in [0.2, 0.25) is 0 Å². The third kappa shape index (κ3) is 13.7. The number of aliphatic imine (C=N–C) groups is 1. The molecule has 0 saturated carbocycles. The van der Waals surface area contributed by atoms with Crippen LogP contribution in [-0.4, -0.2) is 118 Å². The number of carbonyl (C=O) groups is 2. The quantitative estimate of drug-likeness (QED) is 0.225. The van der Waals surface area contributed by atoms with E-state index in [1.54, 1.807) is 0 Å². The van der Waals surface area contributed by atoms with Gasteiger partial charge in [0, 0.05) is 65.5 Å². The fraction of sp³-hybridized carbons (Fsp3) is 0.833. The van der Waals surface area contributed by atoms with E-state index in [0.29, 0.717) is 13.1 Å². The summed E-state index contributed by atoms with van der Waals surface area (Å²) in [5.41, 5.74) is 0. The summed E-state index contributed by atoms with van der Waals surface area (Å²) in [6.45, 7) is 2.89. The van der Waals surface area contributed by atoms with Gasteiger partial charge in [-0.3, -0.25) is 4.48 Å². The van der Waals surface area contributed by atoms with Gasteiger partial charge >= 0.3 is 11.9 Å². The maximum Gasteiger partial charge on any atom is 0.359 e. The largest absolute Gasteiger partial charge is 1.00 e.